The van der Waals surface area contributed by atoms with E-state index in [9.17, 15) is 9.59 Å². The quantitative estimate of drug-likeness (QED) is 0.660. The highest BCUT2D eigenvalue weighted by Gasteiger charge is 2.10. The fourth-order valence-corrected chi connectivity index (χ4v) is 2.33. The van der Waals surface area contributed by atoms with Gasteiger partial charge in [0.25, 0.3) is 5.91 Å². The van der Waals surface area contributed by atoms with Crippen LogP contribution in [0.15, 0.2) is 60.7 Å². The van der Waals surface area contributed by atoms with E-state index in [2.05, 4.69) is 20.8 Å². The number of methoxy groups -OCH3 is 1. The molecular formula is C20H15N5O3. The minimum absolute atomic E-state index is 0.137. The number of hydrogen-bond donors (Lipinski definition) is 2. The van der Waals surface area contributed by atoms with Crippen LogP contribution in [0.25, 0.3) is 0 Å². The fourth-order valence-electron chi connectivity index (χ4n) is 2.33. The maximum atomic E-state index is 12.2. The summed E-state index contributed by atoms with van der Waals surface area (Å²) in [5.74, 6) is -0.446. The van der Waals surface area contributed by atoms with Crippen molar-refractivity contribution in [2.45, 2.75) is 0 Å². The van der Waals surface area contributed by atoms with E-state index in [4.69, 9.17) is 10.00 Å². The zero-order valence-electron chi connectivity index (χ0n) is 14.8. The number of hydrogen-bond acceptors (Lipinski definition) is 7. The van der Waals surface area contributed by atoms with E-state index in [1.807, 2.05) is 6.07 Å². The molecule has 0 atom stereocenters. The van der Waals surface area contributed by atoms with Gasteiger partial charge in [0.1, 0.15) is 0 Å². The second-order valence-electron chi connectivity index (χ2n) is 5.64. The first-order valence-electron chi connectivity index (χ1n) is 8.19. The van der Waals surface area contributed by atoms with Crippen LogP contribution >= 0.6 is 0 Å². The normalized spacial score (nSPS) is 9.86. The lowest BCUT2D eigenvalue weighted by molar-refractivity contribution is 0.0600. The Morgan fingerprint density at radius 2 is 1.79 bits per heavy atom. The van der Waals surface area contributed by atoms with Crippen molar-refractivity contribution in [3.63, 3.8) is 0 Å². The maximum absolute atomic E-state index is 12.2. The highest BCUT2D eigenvalue weighted by Crippen LogP contribution is 2.17. The van der Waals surface area contributed by atoms with Crippen molar-refractivity contribution < 1.29 is 14.3 Å². The third kappa shape index (κ3) is 4.47. The van der Waals surface area contributed by atoms with Crippen molar-refractivity contribution >= 4 is 29.1 Å². The summed E-state index contributed by atoms with van der Waals surface area (Å²) in [6, 6.07) is 18.4. The summed E-state index contributed by atoms with van der Waals surface area (Å²) >= 11 is 0. The number of anilines is 3. The molecule has 2 aromatic carbocycles. The average Bonchev–Trinajstić information content (AvgIpc) is 2.74. The van der Waals surface area contributed by atoms with Crippen LogP contribution in [0.1, 0.15) is 26.4 Å². The number of rotatable bonds is 5. The molecule has 8 nitrogen and oxygen atoms in total. The lowest BCUT2D eigenvalue weighted by atomic mass is 10.2. The standard InChI is InChI=1S/C20H15N5O3/c1-28-20(27)14-3-2-4-16(11-14)22-18-10-9-17(24-25-18)19(26)23-15-7-5-13(12-21)6-8-15/h2-11H,1H3,(H,22,25)(H,23,26). The molecule has 8 heteroatoms. The number of aromatic nitrogens is 2. The van der Waals surface area contributed by atoms with Gasteiger partial charge in [-0.05, 0) is 54.6 Å². The largest absolute Gasteiger partial charge is 0.465 e. The lowest BCUT2D eigenvalue weighted by Crippen LogP contribution is -2.14. The number of esters is 1. The molecule has 0 aliphatic carbocycles. The maximum Gasteiger partial charge on any atom is 0.337 e. The van der Waals surface area contributed by atoms with E-state index in [1.165, 1.54) is 13.2 Å². The molecule has 1 aromatic heterocycles. The van der Waals surface area contributed by atoms with Gasteiger partial charge in [0.2, 0.25) is 0 Å². The van der Waals surface area contributed by atoms with Gasteiger partial charge in [-0.25, -0.2) is 4.79 Å². The second-order valence-corrected chi connectivity index (χ2v) is 5.64. The number of nitriles is 1. The Morgan fingerprint density at radius 3 is 2.43 bits per heavy atom. The highest BCUT2D eigenvalue weighted by atomic mass is 16.5. The van der Waals surface area contributed by atoms with Crippen molar-refractivity contribution in [2.75, 3.05) is 17.7 Å². The molecule has 0 saturated carbocycles. The molecule has 28 heavy (non-hydrogen) atoms. The van der Waals surface area contributed by atoms with Gasteiger partial charge in [-0.1, -0.05) is 6.07 Å². The number of nitrogens with zero attached hydrogens (tertiary/aromatic N) is 3. The van der Waals surface area contributed by atoms with Crippen molar-refractivity contribution in [2.24, 2.45) is 0 Å². The van der Waals surface area contributed by atoms with Crippen molar-refractivity contribution in [1.29, 1.82) is 5.26 Å². The molecule has 0 aliphatic rings. The van der Waals surface area contributed by atoms with Gasteiger partial charge >= 0.3 is 5.97 Å². The molecule has 3 rings (SSSR count). The Kier molecular flexibility index (Phi) is 5.58. The van der Waals surface area contributed by atoms with Crippen LogP contribution in [-0.2, 0) is 4.74 Å². The van der Waals surface area contributed by atoms with Gasteiger partial charge in [0.05, 0.1) is 24.3 Å². The molecule has 1 heterocycles. The van der Waals surface area contributed by atoms with E-state index in [0.29, 0.717) is 28.3 Å². The fraction of sp³-hybridized carbons (Fsp3) is 0.0500. The SMILES string of the molecule is COC(=O)c1cccc(Nc2ccc(C(=O)Nc3ccc(C#N)cc3)nn2)c1. The zero-order valence-corrected chi connectivity index (χ0v) is 14.8. The third-order valence-electron chi connectivity index (χ3n) is 3.73. The molecule has 1 amide bonds. The first kappa shape index (κ1) is 18.5. The van der Waals surface area contributed by atoms with Crippen LogP contribution in [0.5, 0.6) is 0 Å². The summed E-state index contributed by atoms with van der Waals surface area (Å²) < 4.78 is 4.69. The van der Waals surface area contributed by atoms with Crippen molar-refractivity contribution in [3.8, 4) is 6.07 Å². The Labute approximate surface area is 160 Å². The molecule has 0 unspecified atom stereocenters. The molecule has 0 saturated heterocycles. The van der Waals surface area contributed by atoms with E-state index >= 15 is 0 Å². The Bertz CT molecular complexity index is 1040. The lowest BCUT2D eigenvalue weighted by Gasteiger charge is -2.08. The van der Waals surface area contributed by atoms with Gasteiger partial charge in [0.15, 0.2) is 11.5 Å². The molecule has 0 aliphatic heterocycles. The van der Waals surface area contributed by atoms with Gasteiger partial charge in [0, 0.05) is 11.4 Å². The molecule has 3 aromatic rings. The Hall–Kier alpha value is -4.25. The van der Waals surface area contributed by atoms with Crippen LogP contribution in [-0.4, -0.2) is 29.2 Å². The van der Waals surface area contributed by atoms with Crippen LogP contribution < -0.4 is 10.6 Å². The molecule has 0 fully saturated rings. The summed E-state index contributed by atoms with van der Waals surface area (Å²) in [4.78, 5) is 23.8. The summed E-state index contributed by atoms with van der Waals surface area (Å²) in [7, 11) is 1.32. The van der Waals surface area contributed by atoms with E-state index < -0.39 is 11.9 Å². The number of nitrogens with one attached hydrogen (secondary N) is 2. The minimum atomic E-state index is -0.440. The summed E-state index contributed by atoms with van der Waals surface area (Å²) in [6.45, 7) is 0. The summed E-state index contributed by atoms with van der Waals surface area (Å²) in [6.07, 6.45) is 0. The van der Waals surface area contributed by atoms with Crippen molar-refractivity contribution in [1.82, 2.24) is 10.2 Å². The van der Waals surface area contributed by atoms with Gasteiger partial charge in [-0.15, -0.1) is 10.2 Å². The van der Waals surface area contributed by atoms with Crippen LogP contribution in [0.2, 0.25) is 0 Å². The molecule has 0 spiro atoms. The number of amides is 1. The first-order valence-corrected chi connectivity index (χ1v) is 8.19. The number of carbonyl (C=O) groups excluding carboxylic acids is 2. The average molecular weight is 373 g/mol. The highest BCUT2D eigenvalue weighted by molar-refractivity contribution is 6.02. The van der Waals surface area contributed by atoms with Gasteiger partial charge in [-0.3, -0.25) is 4.79 Å². The van der Waals surface area contributed by atoms with Crippen LogP contribution in [0.4, 0.5) is 17.2 Å². The summed E-state index contributed by atoms with van der Waals surface area (Å²) in [5, 5.41) is 22.4. The summed E-state index contributed by atoms with van der Waals surface area (Å²) in [5.41, 5.74) is 2.22. The third-order valence-corrected chi connectivity index (χ3v) is 3.73. The zero-order chi connectivity index (χ0) is 19.9. The first-order chi connectivity index (χ1) is 13.6. The van der Waals surface area contributed by atoms with Crippen LogP contribution in [0.3, 0.4) is 0 Å². The predicted octanol–water partition coefficient (Wildman–Crippen LogP) is 3.13. The molecule has 138 valence electrons. The molecule has 0 radical (unpaired) electrons. The predicted molar refractivity (Wildman–Crippen MR) is 102 cm³/mol. The van der Waals surface area contributed by atoms with Crippen LogP contribution in [0, 0.1) is 11.3 Å². The molecular weight excluding hydrogens is 358 g/mol. The van der Waals surface area contributed by atoms with Crippen molar-refractivity contribution in [3.05, 3.63) is 77.5 Å². The number of benzene rings is 2. The molecule has 2 N–H and O–H groups in total. The van der Waals surface area contributed by atoms with E-state index in [1.54, 1.807) is 54.6 Å². The second kappa shape index (κ2) is 8.42. The minimum Gasteiger partial charge on any atom is -0.465 e. The Morgan fingerprint density at radius 1 is 1.00 bits per heavy atom. The van der Waals surface area contributed by atoms with Gasteiger partial charge in [-0.2, -0.15) is 5.26 Å². The van der Waals surface area contributed by atoms with Gasteiger partial charge < -0.3 is 15.4 Å². The smallest absolute Gasteiger partial charge is 0.337 e. The van der Waals surface area contributed by atoms with E-state index in [0.717, 1.165) is 0 Å². The number of carbonyl (C=O) groups is 2. The van der Waals surface area contributed by atoms with E-state index in [-0.39, 0.29) is 5.69 Å². The monoisotopic (exact) mass is 373 g/mol. The Balaban J connectivity index is 1.66. The molecule has 0 bridgehead atoms. The number of ether oxygens (including phenoxy) is 1. The topological polar surface area (TPSA) is 117 Å².